The van der Waals surface area contributed by atoms with Crippen molar-refractivity contribution in [2.45, 2.75) is 63.5 Å². The Balaban J connectivity index is 2.26. The topological polar surface area (TPSA) is 49.4 Å². The van der Waals surface area contributed by atoms with Crippen LogP contribution in [-0.4, -0.2) is 41.5 Å². The second kappa shape index (κ2) is 5.88. The zero-order valence-electron chi connectivity index (χ0n) is 11.6. The van der Waals surface area contributed by atoms with Crippen LogP contribution in [0.4, 0.5) is 4.39 Å². The Morgan fingerprint density at radius 2 is 2.00 bits per heavy atom. The average Bonchev–Trinajstić information content (AvgIpc) is 2.44. The maximum atomic E-state index is 12.5. The Morgan fingerprint density at radius 1 is 1.32 bits per heavy atom. The summed E-state index contributed by atoms with van der Waals surface area (Å²) in [6, 6.07) is -0.431. The molecule has 2 fully saturated rings. The summed E-state index contributed by atoms with van der Waals surface area (Å²) in [5.74, 6) is -0.0602. The predicted molar refractivity (Wildman–Crippen MR) is 70.3 cm³/mol. The second-order valence-electron chi connectivity index (χ2n) is 5.56. The first-order valence-electron chi connectivity index (χ1n) is 7.34. The summed E-state index contributed by atoms with van der Waals surface area (Å²) in [6.45, 7) is 1.80. The molecule has 1 unspecified atom stereocenters. The van der Waals surface area contributed by atoms with Gasteiger partial charge >= 0.3 is 0 Å². The first-order chi connectivity index (χ1) is 9.15. The molecule has 0 aromatic heterocycles. The van der Waals surface area contributed by atoms with Crippen LogP contribution in [0, 0.1) is 0 Å². The van der Waals surface area contributed by atoms with Gasteiger partial charge in [0.15, 0.2) is 0 Å². The van der Waals surface area contributed by atoms with Gasteiger partial charge in [-0.15, -0.1) is 0 Å². The van der Waals surface area contributed by atoms with E-state index < -0.39 is 18.3 Å². The highest BCUT2D eigenvalue weighted by atomic mass is 19.1. The lowest BCUT2D eigenvalue weighted by molar-refractivity contribution is -0.160. The minimum Gasteiger partial charge on any atom is -0.342 e. The number of halogens is 1. The van der Waals surface area contributed by atoms with Crippen molar-refractivity contribution in [3.63, 3.8) is 0 Å². The summed E-state index contributed by atoms with van der Waals surface area (Å²) in [6.07, 6.45) is 5.37. The normalized spacial score (nSPS) is 26.6. The standard InChI is InChI=1S/C14H23FN2O2/c1-2-11-12(18)17(10-6-9-15)14(13(19)16-11)7-4-3-5-8-14/h11H,2-10H2,1H3,(H,16,19). The van der Waals surface area contributed by atoms with Crippen molar-refractivity contribution in [2.75, 3.05) is 13.2 Å². The summed E-state index contributed by atoms with van der Waals surface area (Å²) >= 11 is 0. The monoisotopic (exact) mass is 270 g/mol. The number of nitrogens with zero attached hydrogens (tertiary/aromatic N) is 1. The minimum absolute atomic E-state index is 0.0301. The number of rotatable bonds is 4. The lowest BCUT2D eigenvalue weighted by Crippen LogP contribution is -2.71. The fraction of sp³-hybridized carbons (Fsp3) is 0.857. The van der Waals surface area contributed by atoms with Gasteiger partial charge in [0.05, 0.1) is 6.67 Å². The van der Waals surface area contributed by atoms with E-state index >= 15 is 0 Å². The highest BCUT2D eigenvalue weighted by Crippen LogP contribution is 2.37. The molecule has 1 N–H and O–H groups in total. The Hall–Kier alpha value is -1.13. The van der Waals surface area contributed by atoms with Gasteiger partial charge in [0.2, 0.25) is 11.8 Å². The number of alkyl halides is 1. The van der Waals surface area contributed by atoms with Crippen molar-refractivity contribution in [3.05, 3.63) is 0 Å². The molecule has 19 heavy (non-hydrogen) atoms. The van der Waals surface area contributed by atoms with E-state index in [9.17, 15) is 14.0 Å². The van der Waals surface area contributed by atoms with Gasteiger partial charge < -0.3 is 10.2 Å². The van der Waals surface area contributed by atoms with Gasteiger partial charge in [-0.2, -0.15) is 0 Å². The van der Waals surface area contributed by atoms with Crippen LogP contribution in [0.2, 0.25) is 0 Å². The van der Waals surface area contributed by atoms with Crippen LogP contribution in [0.5, 0.6) is 0 Å². The lowest BCUT2D eigenvalue weighted by Gasteiger charge is -2.50. The third kappa shape index (κ3) is 2.47. The maximum Gasteiger partial charge on any atom is 0.246 e. The number of nitrogens with one attached hydrogen (secondary N) is 1. The van der Waals surface area contributed by atoms with Gasteiger partial charge in [-0.1, -0.05) is 26.2 Å². The zero-order valence-corrected chi connectivity index (χ0v) is 11.6. The summed E-state index contributed by atoms with van der Waals surface area (Å²) < 4.78 is 12.5. The average molecular weight is 270 g/mol. The molecule has 2 rings (SSSR count). The smallest absolute Gasteiger partial charge is 0.246 e. The molecule has 4 nitrogen and oxygen atoms in total. The Morgan fingerprint density at radius 3 is 2.58 bits per heavy atom. The third-order valence-electron chi connectivity index (χ3n) is 4.41. The molecule has 1 spiro atoms. The van der Waals surface area contributed by atoms with Gasteiger partial charge in [-0.25, -0.2) is 0 Å². The highest BCUT2D eigenvalue weighted by Gasteiger charge is 2.51. The Bertz CT molecular complexity index is 353. The van der Waals surface area contributed by atoms with Crippen molar-refractivity contribution in [1.29, 1.82) is 0 Å². The van der Waals surface area contributed by atoms with Crippen molar-refractivity contribution >= 4 is 11.8 Å². The number of hydrogen-bond acceptors (Lipinski definition) is 2. The molecule has 0 radical (unpaired) electrons. The van der Waals surface area contributed by atoms with Crippen LogP contribution in [-0.2, 0) is 9.59 Å². The quantitative estimate of drug-likeness (QED) is 0.846. The summed E-state index contributed by atoms with van der Waals surface area (Å²) in [7, 11) is 0. The molecule has 0 bridgehead atoms. The van der Waals surface area contributed by atoms with E-state index in [0.29, 0.717) is 32.2 Å². The van der Waals surface area contributed by atoms with E-state index in [1.54, 1.807) is 4.90 Å². The summed E-state index contributed by atoms with van der Waals surface area (Å²) in [4.78, 5) is 26.6. The summed E-state index contributed by atoms with van der Waals surface area (Å²) in [5, 5.41) is 2.86. The summed E-state index contributed by atoms with van der Waals surface area (Å²) in [5.41, 5.74) is -0.698. The van der Waals surface area contributed by atoms with E-state index in [0.717, 1.165) is 19.3 Å². The van der Waals surface area contributed by atoms with Gasteiger partial charge in [-0.3, -0.25) is 14.0 Å². The molecular formula is C14H23FN2O2. The molecule has 5 heteroatoms. The molecule has 1 atom stereocenters. The number of hydrogen-bond donors (Lipinski definition) is 1. The number of carbonyl (C=O) groups excluding carboxylic acids is 2. The van der Waals surface area contributed by atoms with Gasteiger partial charge in [0.1, 0.15) is 11.6 Å². The zero-order chi connectivity index (χ0) is 13.9. The van der Waals surface area contributed by atoms with Crippen LogP contribution in [0.25, 0.3) is 0 Å². The first kappa shape index (κ1) is 14.3. The van der Waals surface area contributed by atoms with E-state index in [4.69, 9.17) is 0 Å². The largest absolute Gasteiger partial charge is 0.342 e. The first-order valence-corrected chi connectivity index (χ1v) is 7.34. The van der Waals surface area contributed by atoms with Crippen LogP contribution in [0.3, 0.4) is 0 Å². The van der Waals surface area contributed by atoms with Crippen LogP contribution in [0.15, 0.2) is 0 Å². The Labute approximate surface area is 113 Å². The number of carbonyl (C=O) groups is 2. The molecule has 2 amide bonds. The van der Waals surface area contributed by atoms with Crippen molar-refractivity contribution in [1.82, 2.24) is 10.2 Å². The molecule has 1 saturated heterocycles. The van der Waals surface area contributed by atoms with Gasteiger partial charge in [0.25, 0.3) is 0 Å². The van der Waals surface area contributed by atoms with Crippen LogP contribution in [0.1, 0.15) is 51.9 Å². The van der Waals surface area contributed by atoms with Crippen molar-refractivity contribution in [3.8, 4) is 0 Å². The fourth-order valence-corrected chi connectivity index (χ4v) is 3.33. The van der Waals surface area contributed by atoms with E-state index in [2.05, 4.69) is 5.32 Å². The molecule has 2 aliphatic rings. The van der Waals surface area contributed by atoms with Crippen LogP contribution >= 0.6 is 0 Å². The van der Waals surface area contributed by atoms with E-state index in [1.165, 1.54) is 0 Å². The predicted octanol–water partition coefficient (Wildman–Crippen LogP) is 1.79. The third-order valence-corrected chi connectivity index (χ3v) is 4.41. The molecule has 0 aromatic carbocycles. The SMILES string of the molecule is CCC1NC(=O)C2(CCCCC2)N(CCCF)C1=O. The molecule has 0 aromatic rings. The van der Waals surface area contributed by atoms with Gasteiger partial charge in [0, 0.05) is 6.54 Å². The molecule has 1 aliphatic heterocycles. The lowest BCUT2D eigenvalue weighted by atomic mass is 9.77. The Kier molecular flexibility index (Phi) is 4.42. The molecule has 1 saturated carbocycles. The van der Waals surface area contributed by atoms with Crippen molar-refractivity contribution < 1.29 is 14.0 Å². The van der Waals surface area contributed by atoms with Crippen molar-refractivity contribution in [2.24, 2.45) is 0 Å². The minimum atomic E-state index is -0.698. The number of amides is 2. The highest BCUT2D eigenvalue weighted by molar-refractivity contribution is 5.99. The molecule has 1 aliphatic carbocycles. The maximum absolute atomic E-state index is 12.5. The van der Waals surface area contributed by atoms with E-state index in [-0.39, 0.29) is 11.8 Å². The molecular weight excluding hydrogens is 247 g/mol. The van der Waals surface area contributed by atoms with Gasteiger partial charge in [-0.05, 0) is 25.7 Å². The van der Waals surface area contributed by atoms with Crippen LogP contribution < -0.4 is 5.32 Å². The number of piperazine rings is 1. The fourth-order valence-electron chi connectivity index (χ4n) is 3.33. The molecule has 108 valence electrons. The van der Waals surface area contributed by atoms with E-state index in [1.807, 2.05) is 6.92 Å². The molecule has 1 heterocycles. The second-order valence-corrected chi connectivity index (χ2v) is 5.56.